The topological polar surface area (TPSA) is 95.1 Å². The van der Waals surface area contributed by atoms with Crippen LogP contribution in [0.25, 0.3) is 0 Å². The summed E-state index contributed by atoms with van der Waals surface area (Å²) in [6, 6.07) is 9.01. The van der Waals surface area contributed by atoms with Crippen molar-refractivity contribution in [3.8, 4) is 23.0 Å². The van der Waals surface area contributed by atoms with Gasteiger partial charge in [-0.1, -0.05) is 18.2 Å². The molecule has 0 spiro atoms. The van der Waals surface area contributed by atoms with E-state index < -0.39 is 17.9 Å². The third-order valence-corrected chi connectivity index (χ3v) is 4.69. The third-order valence-electron chi connectivity index (χ3n) is 4.69. The van der Waals surface area contributed by atoms with E-state index in [4.69, 9.17) is 18.9 Å². The number of benzene rings is 2. The Kier molecular flexibility index (Phi) is 7.91. The first kappa shape index (κ1) is 22.9. The zero-order valence-electron chi connectivity index (χ0n) is 18.1. The molecule has 8 nitrogen and oxygen atoms in total. The molecule has 0 saturated carbocycles. The number of ether oxygens (including phenoxy) is 4. The minimum atomic E-state index is -0.790. The second-order valence-electron chi connectivity index (χ2n) is 6.67. The molecule has 0 heterocycles. The van der Waals surface area contributed by atoms with E-state index in [0.717, 1.165) is 11.1 Å². The SMILES string of the molecule is COc1ccc(CC(=O)NNC(=O)[C@H](C)Oc2cccc(C)c2C)c(OC)c1OC. The highest BCUT2D eigenvalue weighted by molar-refractivity contribution is 5.86. The minimum absolute atomic E-state index is 0.0317. The van der Waals surface area contributed by atoms with Gasteiger partial charge in [0.25, 0.3) is 5.91 Å². The number of carbonyl (C=O) groups excluding carboxylic acids is 2. The fourth-order valence-corrected chi connectivity index (χ4v) is 2.85. The summed E-state index contributed by atoms with van der Waals surface area (Å²) in [6.45, 7) is 5.50. The Bertz CT molecular complexity index is 913. The lowest BCUT2D eigenvalue weighted by Gasteiger charge is -2.18. The van der Waals surface area contributed by atoms with Gasteiger partial charge in [0.15, 0.2) is 17.6 Å². The van der Waals surface area contributed by atoms with Crippen LogP contribution < -0.4 is 29.8 Å². The number of carbonyl (C=O) groups is 2. The maximum absolute atomic E-state index is 12.3. The van der Waals surface area contributed by atoms with Gasteiger partial charge in [0, 0.05) is 5.56 Å². The van der Waals surface area contributed by atoms with Crippen LogP contribution in [0.4, 0.5) is 0 Å². The average molecular weight is 416 g/mol. The van der Waals surface area contributed by atoms with Crippen molar-refractivity contribution < 1.29 is 28.5 Å². The Labute approximate surface area is 176 Å². The predicted molar refractivity (Wildman–Crippen MR) is 112 cm³/mol. The lowest BCUT2D eigenvalue weighted by molar-refractivity contribution is -0.132. The predicted octanol–water partition coefficient (Wildman–Crippen LogP) is 2.49. The van der Waals surface area contributed by atoms with Gasteiger partial charge in [-0.05, 0) is 44.0 Å². The smallest absolute Gasteiger partial charge is 0.279 e. The molecule has 2 aromatic rings. The van der Waals surface area contributed by atoms with Crippen molar-refractivity contribution in [1.29, 1.82) is 0 Å². The summed E-state index contributed by atoms with van der Waals surface area (Å²) in [6.07, 6.45) is -0.822. The summed E-state index contributed by atoms with van der Waals surface area (Å²) in [5, 5.41) is 0. The van der Waals surface area contributed by atoms with E-state index >= 15 is 0 Å². The summed E-state index contributed by atoms with van der Waals surface area (Å²) < 4.78 is 21.6. The molecule has 0 bridgehead atoms. The fraction of sp³-hybridized carbons (Fsp3) is 0.364. The number of nitrogens with one attached hydrogen (secondary N) is 2. The fourth-order valence-electron chi connectivity index (χ4n) is 2.85. The molecule has 30 heavy (non-hydrogen) atoms. The van der Waals surface area contributed by atoms with Crippen molar-refractivity contribution in [2.24, 2.45) is 0 Å². The van der Waals surface area contributed by atoms with E-state index in [-0.39, 0.29) is 6.42 Å². The maximum Gasteiger partial charge on any atom is 0.279 e. The number of aryl methyl sites for hydroxylation is 1. The second-order valence-corrected chi connectivity index (χ2v) is 6.67. The van der Waals surface area contributed by atoms with Crippen LogP contribution in [0.3, 0.4) is 0 Å². The monoisotopic (exact) mass is 416 g/mol. The van der Waals surface area contributed by atoms with Crippen LogP contribution in [0.15, 0.2) is 30.3 Å². The minimum Gasteiger partial charge on any atom is -0.493 e. The molecule has 8 heteroatoms. The zero-order valence-corrected chi connectivity index (χ0v) is 18.1. The summed E-state index contributed by atoms with van der Waals surface area (Å²) in [5.41, 5.74) is 7.39. The van der Waals surface area contributed by atoms with E-state index in [1.807, 2.05) is 26.0 Å². The molecule has 2 amide bonds. The van der Waals surface area contributed by atoms with Crippen LogP contribution in [0.2, 0.25) is 0 Å². The third kappa shape index (κ3) is 5.34. The van der Waals surface area contributed by atoms with Crippen molar-refractivity contribution in [2.45, 2.75) is 33.3 Å². The van der Waals surface area contributed by atoms with Gasteiger partial charge < -0.3 is 18.9 Å². The van der Waals surface area contributed by atoms with Crippen LogP contribution >= 0.6 is 0 Å². The molecule has 2 rings (SSSR count). The standard InChI is InChI=1S/C22H28N2O6/c1-13-8-7-9-17(14(13)2)30-15(3)22(26)24-23-19(25)12-16-10-11-18(27-4)21(29-6)20(16)28-5/h7-11,15H,12H2,1-6H3,(H,23,25)(H,24,26)/t15-/m0/s1. The summed E-state index contributed by atoms with van der Waals surface area (Å²) >= 11 is 0. The highest BCUT2D eigenvalue weighted by atomic mass is 16.5. The van der Waals surface area contributed by atoms with E-state index in [2.05, 4.69) is 10.9 Å². The first-order valence-corrected chi connectivity index (χ1v) is 9.41. The molecule has 0 aliphatic heterocycles. The quantitative estimate of drug-likeness (QED) is 0.642. The van der Waals surface area contributed by atoms with Crippen LogP contribution in [0.1, 0.15) is 23.6 Å². The Morgan fingerprint density at radius 1 is 0.900 bits per heavy atom. The van der Waals surface area contributed by atoms with E-state index in [9.17, 15) is 9.59 Å². The van der Waals surface area contributed by atoms with Crippen molar-refractivity contribution in [3.05, 3.63) is 47.0 Å². The normalized spacial score (nSPS) is 11.3. The highest BCUT2D eigenvalue weighted by Crippen LogP contribution is 2.39. The molecule has 2 aromatic carbocycles. The highest BCUT2D eigenvalue weighted by Gasteiger charge is 2.20. The molecular weight excluding hydrogens is 388 g/mol. The van der Waals surface area contributed by atoms with Crippen molar-refractivity contribution in [2.75, 3.05) is 21.3 Å². The van der Waals surface area contributed by atoms with Crippen LogP contribution in [0.5, 0.6) is 23.0 Å². The molecule has 162 valence electrons. The Hall–Kier alpha value is -3.42. The molecule has 0 radical (unpaired) electrons. The van der Waals surface area contributed by atoms with Crippen molar-refractivity contribution in [1.82, 2.24) is 10.9 Å². The summed E-state index contributed by atoms with van der Waals surface area (Å²) in [4.78, 5) is 24.6. The number of rotatable bonds is 8. The molecular formula is C22H28N2O6. The summed E-state index contributed by atoms with van der Waals surface area (Å²) in [5.74, 6) is 1.01. The van der Waals surface area contributed by atoms with Gasteiger partial charge >= 0.3 is 0 Å². The van der Waals surface area contributed by atoms with Gasteiger partial charge in [-0.2, -0.15) is 0 Å². The Balaban J connectivity index is 1.97. The second kappa shape index (κ2) is 10.4. The van der Waals surface area contributed by atoms with Gasteiger partial charge in [0.05, 0.1) is 27.8 Å². The van der Waals surface area contributed by atoms with Crippen LogP contribution in [-0.4, -0.2) is 39.2 Å². The first-order chi connectivity index (χ1) is 14.3. The van der Waals surface area contributed by atoms with Gasteiger partial charge in [-0.25, -0.2) is 0 Å². The van der Waals surface area contributed by atoms with Crippen LogP contribution in [-0.2, 0) is 16.0 Å². The first-order valence-electron chi connectivity index (χ1n) is 9.41. The lowest BCUT2D eigenvalue weighted by atomic mass is 10.1. The van der Waals surface area contributed by atoms with E-state index in [1.54, 1.807) is 25.1 Å². The van der Waals surface area contributed by atoms with Gasteiger partial charge in [-0.15, -0.1) is 0 Å². The molecule has 0 aliphatic carbocycles. The van der Waals surface area contributed by atoms with Gasteiger partial charge in [-0.3, -0.25) is 20.4 Å². The number of methoxy groups -OCH3 is 3. The number of hydrogen-bond acceptors (Lipinski definition) is 6. The molecule has 0 saturated heterocycles. The Morgan fingerprint density at radius 3 is 2.23 bits per heavy atom. The number of hydrogen-bond donors (Lipinski definition) is 2. The molecule has 0 aromatic heterocycles. The van der Waals surface area contributed by atoms with Crippen molar-refractivity contribution in [3.63, 3.8) is 0 Å². The average Bonchev–Trinajstić information content (AvgIpc) is 2.74. The maximum atomic E-state index is 12.3. The number of hydrazine groups is 1. The molecule has 0 aliphatic rings. The zero-order chi connectivity index (χ0) is 22.3. The molecule has 1 atom stereocenters. The van der Waals surface area contributed by atoms with Crippen molar-refractivity contribution >= 4 is 11.8 Å². The lowest BCUT2D eigenvalue weighted by Crippen LogP contribution is -2.47. The molecule has 2 N–H and O–H groups in total. The van der Waals surface area contributed by atoms with Crippen LogP contribution in [0, 0.1) is 13.8 Å². The Morgan fingerprint density at radius 2 is 1.60 bits per heavy atom. The molecule has 0 fully saturated rings. The van der Waals surface area contributed by atoms with Gasteiger partial charge in [0.1, 0.15) is 5.75 Å². The van der Waals surface area contributed by atoms with Gasteiger partial charge in [0.2, 0.25) is 11.7 Å². The molecule has 0 unspecified atom stereocenters. The summed E-state index contributed by atoms with van der Waals surface area (Å²) in [7, 11) is 4.48. The van der Waals surface area contributed by atoms with E-state index in [0.29, 0.717) is 28.6 Å². The van der Waals surface area contributed by atoms with E-state index in [1.165, 1.54) is 21.3 Å². The largest absolute Gasteiger partial charge is 0.493 e. The number of amides is 2.